The number of hydrogen-bond acceptors (Lipinski definition) is 5. The number of ketones is 1. The van der Waals surface area contributed by atoms with E-state index in [2.05, 4.69) is 5.16 Å². The maximum Gasteiger partial charge on any atom is 0.295 e. The second kappa shape index (κ2) is 9.12. The lowest BCUT2D eigenvalue weighted by molar-refractivity contribution is -0.130. The largest absolute Gasteiger partial charge is 0.409 e. The Hall–Kier alpha value is -4.20. The highest BCUT2D eigenvalue weighted by Crippen LogP contribution is 2.20. The molecule has 1 heterocycles. The third-order valence-electron chi connectivity index (χ3n) is 5.90. The highest BCUT2D eigenvalue weighted by molar-refractivity contribution is 6.43. The quantitative estimate of drug-likeness (QED) is 0.160. The van der Waals surface area contributed by atoms with Crippen LogP contribution in [0.15, 0.2) is 71.9 Å². The SMILES string of the molecule is C[C@@H]1CN(C(=O)c2ccccc2)CCN1C(=O)C(=O)c1ccc2cc(/C(N)=N/O)ccc2c1. The van der Waals surface area contributed by atoms with Crippen LogP contribution >= 0.6 is 0 Å². The number of hydrogen-bond donors (Lipinski definition) is 2. The molecule has 2 amide bonds. The first-order chi connectivity index (χ1) is 15.9. The molecule has 0 saturated carbocycles. The Balaban J connectivity index is 1.47. The first-order valence-corrected chi connectivity index (χ1v) is 10.6. The summed E-state index contributed by atoms with van der Waals surface area (Å²) in [6.45, 7) is 2.86. The van der Waals surface area contributed by atoms with Crippen LogP contribution in [0.1, 0.15) is 33.2 Å². The van der Waals surface area contributed by atoms with Crippen molar-refractivity contribution in [2.75, 3.05) is 19.6 Å². The van der Waals surface area contributed by atoms with Crippen LogP contribution in [-0.4, -0.2) is 64.1 Å². The van der Waals surface area contributed by atoms with Crippen LogP contribution < -0.4 is 5.73 Å². The van der Waals surface area contributed by atoms with E-state index < -0.39 is 11.7 Å². The smallest absolute Gasteiger partial charge is 0.295 e. The zero-order chi connectivity index (χ0) is 23.5. The molecule has 168 valence electrons. The summed E-state index contributed by atoms with van der Waals surface area (Å²) in [7, 11) is 0. The van der Waals surface area contributed by atoms with Gasteiger partial charge < -0.3 is 20.7 Å². The number of piperazine rings is 1. The Morgan fingerprint density at radius 1 is 0.909 bits per heavy atom. The number of Topliss-reactive ketones (excluding diaryl/α,β-unsaturated/α-hetero) is 1. The number of amidine groups is 1. The van der Waals surface area contributed by atoms with Crippen molar-refractivity contribution in [1.82, 2.24) is 9.80 Å². The van der Waals surface area contributed by atoms with E-state index in [-0.39, 0.29) is 17.8 Å². The predicted molar refractivity (Wildman–Crippen MR) is 124 cm³/mol. The van der Waals surface area contributed by atoms with Crippen LogP contribution in [-0.2, 0) is 4.79 Å². The van der Waals surface area contributed by atoms with Gasteiger partial charge in [-0.1, -0.05) is 47.6 Å². The molecule has 0 spiro atoms. The second-order valence-electron chi connectivity index (χ2n) is 8.06. The Morgan fingerprint density at radius 2 is 1.55 bits per heavy atom. The van der Waals surface area contributed by atoms with Gasteiger partial charge in [-0.3, -0.25) is 14.4 Å². The fraction of sp³-hybridized carbons (Fsp3) is 0.200. The van der Waals surface area contributed by atoms with Crippen LogP contribution in [0.25, 0.3) is 10.8 Å². The van der Waals surface area contributed by atoms with Crippen molar-refractivity contribution < 1.29 is 19.6 Å². The van der Waals surface area contributed by atoms with Crippen LogP contribution in [0.2, 0.25) is 0 Å². The second-order valence-corrected chi connectivity index (χ2v) is 8.06. The first-order valence-electron chi connectivity index (χ1n) is 10.6. The summed E-state index contributed by atoms with van der Waals surface area (Å²) >= 11 is 0. The maximum absolute atomic E-state index is 13.0. The predicted octanol–water partition coefficient (Wildman–Crippen LogP) is 2.49. The molecule has 3 N–H and O–H groups in total. The van der Waals surface area contributed by atoms with Crippen LogP contribution in [0, 0.1) is 0 Å². The summed E-state index contributed by atoms with van der Waals surface area (Å²) < 4.78 is 0. The van der Waals surface area contributed by atoms with Gasteiger partial charge in [0.25, 0.3) is 11.8 Å². The van der Waals surface area contributed by atoms with Crippen molar-refractivity contribution in [2.24, 2.45) is 10.9 Å². The van der Waals surface area contributed by atoms with Crippen LogP contribution in [0.4, 0.5) is 0 Å². The van der Waals surface area contributed by atoms with Gasteiger partial charge in [-0.05, 0) is 42.0 Å². The summed E-state index contributed by atoms with van der Waals surface area (Å²) in [4.78, 5) is 41.9. The molecule has 0 radical (unpaired) electrons. The molecule has 3 aromatic rings. The minimum atomic E-state index is -0.591. The monoisotopic (exact) mass is 444 g/mol. The molecule has 1 aliphatic heterocycles. The number of amides is 2. The molecular weight excluding hydrogens is 420 g/mol. The van der Waals surface area contributed by atoms with E-state index in [9.17, 15) is 14.4 Å². The Morgan fingerprint density at radius 3 is 2.18 bits per heavy atom. The molecule has 1 fully saturated rings. The van der Waals surface area contributed by atoms with E-state index >= 15 is 0 Å². The van der Waals surface area contributed by atoms with Gasteiger partial charge in [0, 0.05) is 42.4 Å². The van der Waals surface area contributed by atoms with Crippen molar-refractivity contribution in [1.29, 1.82) is 0 Å². The van der Waals surface area contributed by atoms with E-state index in [1.54, 1.807) is 53.4 Å². The Bertz CT molecular complexity index is 1260. The number of rotatable bonds is 4. The molecule has 0 aliphatic carbocycles. The molecule has 3 aromatic carbocycles. The maximum atomic E-state index is 13.0. The van der Waals surface area contributed by atoms with Crippen molar-refractivity contribution in [2.45, 2.75) is 13.0 Å². The molecule has 4 rings (SSSR count). The Kier molecular flexibility index (Phi) is 6.08. The molecule has 8 heteroatoms. The van der Waals surface area contributed by atoms with Gasteiger partial charge in [-0.15, -0.1) is 0 Å². The third-order valence-corrected chi connectivity index (χ3v) is 5.90. The molecule has 33 heavy (non-hydrogen) atoms. The van der Waals surface area contributed by atoms with Gasteiger partial charge in [-0.25, -0.2) is 0 Å². The zero-order valence-corrected chi connectivity index (χ0v) is 18.1. The fourth-order valence-corrected chi connectivity index (χ4v) is 4.07. The van der Waals surface area contributed by atoms with Crippen LogP contribution in [0.3, 0.4) is 0 Å². The highest BCUT2D eigenvalue weighted by Gasteiger charge is 2.33. The van der Waals surface area contributed by atoms with E-state index in [0.717, 1.165) is 10.8 Å². The number of nitrogens with two attached hydrogens (primary N) is 1. The van der Waals surface area contributed by atoms with E-state index in [1.165, 1.54) is 4.90 Å². The zero-order valence-electron chi connectivity index (χ0n) is 18.1. The lowest BCUT2D eigenvalue weighted by Gasteiger charge is -2.39. The molecular formula is C25H24N4O4. The average Bonchev–Trinajstić information content (AvgIpc) is 2.86. The van der Waals surface area contributed by atoms with Gasteiger partial charge in [-0.2, -0.15) is 0 Å². The van der Waals surface area contributed by atoms with Crippen molar-refractivity contribution in [3.05, 3.63) is 83.4 Å². The summed E-state index contributed by atoms with van der Waals surface area (Å²) in [5, 5.41) is 13.4. The van der Waals surface area contributed by atoms with Crippen molar-refractivity contribution >= 4 is 34.2 Å². The molecule has 1 aliphatic rings. The minimum Gasteiger partial charge on any atom is -0.409 e. The van der Waals surface area contributed by atoms with Crippen molar-refractivity contribution in [3.63, 3.8) is 0 Å². The number of benzene rings is 3. The van der Waals surface area contributed by atoms with Crippen molar-refractivity contribution in [3.8, 4) is 0 Å². The lowest BCUT2D eigenvalue weighted by Crippen LogP contribution is -2.56. The molecule has 0 unspecified atom stereocenters. The van der Waals surface area contributed by atoms with Gasteiger partial charge in [0.15, 0.2) is 5.84 Å². The number of oxime groups is 1. The third kappa shape index (κ3) is 4.41. The molecule has 1 atom stereocenters. The van der Waals surface area contributed by atoms with Gasteiger partial charge in [0.1, 0.15) is 0 Å². The van der Waals surface area contributed by atoms with E-state index in [0.29, 0.717) is 36.3 Å². The summed E-state index contributed by atoms with van der Waals surface area (Å²) in [5.74, 6) is -1.26. The van der Waals surface area contributed by atoms with E-state index in [4.69, 9.17) is 10.9 Å². The summed E-state index contributed by atoms with van der Waals surface area (Å²) in [5.41, 5.74) is 7.08. The Labute approximate surface area is 190 Å². The molecule has 1 saturated heterocycles. The number of nitrogens with zero attached hydrogens (tertiary/aromatic N) is 3. The minimum absolute atomic E-state index is 0.00823. The average molecular weight is 444 g/mol. The summed E-state index contributed by atoms with van der Waals surface area (Å²) in [6, 6.07) is 18.9. The van der Waals surface area contributed by atoms with Gasteiger partial charge in [0.05, 0.1) is 0 Å². The normalized spacial score (nSPS) is 16.6. The molecule has 8 nitrogen and oxygen atoms in total. The number of carbonyl (C=O) groups excluding carboxylic acids is 3. The van der Waals surface area contributed by atoms with Crippen LogP contribution in [0.5, 0.6) is 0 Å². The van der Waals surface area contributed by atoms with Gasteiger partial charge in [0.2, 0.25) is 5.78 Å². The first kappa shape index (κ1) is 22.0. The van der Waals surface area contributed by atoms with E-state index in [1.807, 2.05) is 25.1 Å². The summed E-state index contributed by atoms with van der Waals surface area (Å²) in [6.07, 6.45) is 0. The molecule has 0 aromatic heterocycles. The standard InChI is InChI=1S/C25H24N4O4/c1-16-15-28(24(31)17-5-3-2-4-6-17)11-12-29(16)25(32)22(30)20-9-7-19-14-21(23(26)27-33)10-8-18(19)13-20/h2-10,13-14,16,33H,11-12,15H2,1H3,(H2,26,27)/t16-/m1/s1. The lowest BCUT2D eigenvalue weighted by atomic mass is 10.0. The number of carbonyl (C=O) groups is 3. The number of fused-ring (bicyclic) bond motifs is 1. The topological polar surface area (TPSA) is 116 Å². The van der Waals surface area contributed by atoms with Gasteiger partial charge >= 0.3 is 0 Å². The molecule has 0 bridgehead atoms. The fourth-order valence-electron chi connectivity index (χ4n) is 4.07. The highest BCUT2D eigenvalue weighted by atomic mass is 16.4.